The zero-order valence-corrected chi connectivity index (χ0v) is 13.4. The number of hydrogen-bond donors (Lipinski definition) is 1. The highest BCUT2D eigenvalue weighted by molar-refractivity contribution is 5.94. The van der Waals surface area contributed by atoms with Crippen molar-refractivity contribution >= 4 is 5.91 Å². The van der Waals surface area contributed by atoms with E-state index in [2.05, 4.69) is 4.98 Å². The van der Waals surface area contributed by atoms with Crippen molar-refractivity contribution in [3.05, 3.63) is 48.5 Å². The highest BCUT2D eigenvalue weighted by Crippen LogP contribution is 2.34. The van der Waals surface area contributed by atoms with Crippen molar-refractivity contribution in [1.29, 1.82) is 0 Å². The molecule has 3 atom stereocenters. The van der Waals surface area contributed by atoms with E-state index in [9.17, 15) is 9.90 Å². The van der Waals surface area contributed by atoms with E-state index in [1.807, 2.05) is 39.9 Å². The Hall–Kier alpha value is -2.18. The number of rotatable bonds is 3. The van der Waals surface area contributed by atoms with E-state index < -0.39 is 0 Å². The van der Waals surface area contributed by atoms with Gasteiger partial charge in [0.05, 0.1) is 25.1 Å². The van der Waals surface area contributed by atoms with Crippen LogP contribution in [0.5, 0.6) is 0 Å². The average Bonchev–Trinajstić information content (AvgIpc) is 3.30. The Morgan fingerprint density at radius 1 is 1.29 bits per heavy atom. The summed E-state index contributed by atoms with van der Waals surface area (Å²) in [5.41, 5.74) is 1.66. The van der Waals surface area contributed by atoms with E-state index in [-0.39, 0.29) is 30.6 Å². The summed E-state index contributed by atoms with van der Waals surface area (Å²) in [6.45, 7) is 1.34. The highest BCUT2D eigenvalue weighted by Gasteiger charge is 2.42. The predicted molar refractivity (Wildman–Crippen MR) is 87.9 cm³/mol. The van der Waals surface area contributed by atoms with E-state index in [1.165, 1.54) is 0 Å². The Kier molecular flexibility index (Phi) is 4.08. The fourth-order valence-electron chi connectivity index (χ4n) is 3.81. The summed E-state index contributed by atoms with van der Waals surface area (Å²) in [4.78, 5) is 18.9. The SMILES string of the molecule is O=C(c1ccc(-n2ccnc2)cc1)N1CCOC2C[C@H](CO)C[C@@H]21. The molecule has 1 aliphatic carbocycles. The van der Waals surface area contributed by atoms with Crippen LogP contribution >= 0.6 is 0 Å². The summed E-state index contributed by atoms with van der Waals surface area (Å²) >= 11 is 0. The van der Waals surface area contributed by atoms with Gasteiger partial charge in [0.25, 0.3) is 5.91 Å². The van der Waals surface area contributed by atoms with Gasteiger partial charge in [-0.1, -0.05) is 0 Å². The maximum atomic E-state index is 12.9. The summed E-state index contributed by atoms with van der Waals surface area (Å²) in [6.07, 6.45) is 7.05. The van der Waals surface area contributed by atoms with Gasteiger partial charge in [-0.25, -0.2) is 4.98 Å². The molecule has 1 saturated carbocycles. The molecule has 2 heterocycles. The molecule has 6 heteroatoms. The van der Waals surface area contributed by atoms with Crippen molar-refractivity contribution in [2.24, 2.45) is 5.92 Å². The van der Waals surface area contributed by atoms with Crippen molar-refractivity contribution in [2.75, 3.05) is 19.8 Å². The first kappa shape index (κ1) is 15.4. The largest absolute Gasteiger partial charge is 0.396 e. The predicted octanol–water partition coefficient (Wildman–Crippen LogP) is 1.48. The maximum absolute atomic E-state index is 12.9. The minimum absolute atomic E-state index is 0.0454. The minimum atomic E-state index is 0.0454. The van der Waals surface area contributed by atoms with Crippen LogP contribution in [0.1, 0.15) is 23.2 Å². The molecule has 2 aromatic rings. The van der Waals surface area contributed by atoms with Crippen molar-refractivity contribution in [2.45, 2.75) is 25.0 Å². The van der Waals surface area contributed by atoms with Crippen LogP contribution < -0.4 is 0 Å². The van der Waals surface area contributed by atoms with Crippen molar-refractivity contribution in [3.63, 3.8) is 0 Å². The average molecular weight is 327 g/mol. The number of fused-ring (bicyclic) bond motifs is 1. The molecular formula is C18H21N3O3. The van der Waals surface area contributed by atoms with Gasteiger partial charge in [0.2, 0.25) is 0 Å². The highest BCUT2D eigenvalue weighted by atomic mass is 16.5. The van der Waals surface area contributed by atoms with Gasteiger partial charge in [-0.15, -0.1) is 0 Å². The van der Waals surface area contributed by atoms with Gasteiger partial charge in [-0.2, -0.15) is 0 Å². The molecule has 1 amide bonds. The number of carbonyl (C=O) groups excluding carboxylic acids is 1. The molecule has 6 nitrogen and oxygen atoms in total. The second-order valence-electron chi connectivity index (χ2n) is 6.51. The van der Waals surface area contributed by atoms with Crippen LogP contribution in [0.25, 0.3) is 5.69 Å². The summed E-state index contributed by atoms with van der Waals surface area (Å²) < 4.78 is 7.71. The van der Waals surface area contributed by atoms with Gasteiger partial charge >= 0.3 is 0 Å². The molecule has 126 valence electrons. The standard InChI is InChI=1S/C18H21N3O3/c22-11-13-9-16-17(10-13)24-8-7-21(16)18(23)14-1-3-15(4-2-14)20-6-5-19-12-20/h1-6,12-13,16-17,22H,7-11H2/t13-,16+,17?/m1/s1. The molecule has 1 unspecified atom stereocenters. The van der Waals surface area contributed by atoms with Gasteiger partial charge in [-0.05, 0) is 43.0 Å². The molecule has 1 N–H and O–H groups in total. The number of aliphatic hydroxyl groups is 1. The number of hydrogen-bond acceptors (Lipinski definition) is 4. The molecule has 1 aromatic heterocycles. The number of morpholine rings is 1. The quantitative estimate of drug-likeness (QED) is 0.927. The van der Waals surface area contributed by atoms with Crippen molar-refractivity contribution in [1.82, 2.24) is 14.5 Å². The lowest BCUT2D eigenvalue weighted by Crippen LogP contribution is -2.51. The smallest absolute Gasteiger partial charge is 0.254 e. The molecular weight excluding hydrogens is 306 g/mol. The lowest BCUT2D eigenvalue weighted by atomic mass is 10.1. The monoisotopic (exact) mass is 327 g/mol. The van der Waals surface area contributed by atoms with E-state index in [0.717, 1.165) is 18.5 Å². The first-order valence-corrected chi connectivity index (χ1v) is 8.38. The van der Waals surface area contributed by atoms with E-state index in [0.29, 0.717) is 18.7 Å². The van der Waals surface area contributed by atoms with Gasteiger partial charge in [-0.3, -0.25) is 4.79 Å². The fraction of sp³-hybridized carbons (Fsp3) is 0.444. The van der Waals surface area contributed by atoms with Crippen LogP contribution in [0.3, 0.4) is 0 Å². The second kappa shape index (κ2) is 6.37. The molecule has 2 aliphatic rings. The van der Waals surface area contributed by atoms with Gasteiger partial charge in [0.1, 0.15) is 0 Å². The van der Waals surface area contributed by atoms with E-state index >= 15 is 0 Å². The normalized spacial score (nSPS) is 26.4. The number of carbonyl (C=O) groups is 1. The number of amides is 1. The van der Waals surface area contributed by atoms with E-state index in [4.69, 9.17) is 4.74 Å². The molecule has 0 spiro atoms. The van der Waals surface area contributed by atoms with Crippen molar-refractivity contribution < 1.29 is 14.6 Å². The fourth-order valence-corrected chi connectivity index (χ4v) is 3.81. The molecule has 1 saturated heterocycles. The molecule has 0 bridgehead atoms. The van der Waals surface area contributed by atoms with Crippen LogP contribution in [0.15, 0.2) is 43.0 Å². The Bertz CT molecular complexity index is 699. The number of ether oxygens (including phenoxy) is 1. The molecule has 2 fully saturated rings. The van der Waals surface area contributed by atoms with Crippen LogP contribution in [-0.2, 0) is 4.74 Å². The number of benzene rings is 1. The molecule has 24 heavy (non-hydrogen) atoms. The van der Waals surface area contributed by atoms with Crippen LogP contribution in [0.4, 0.5) is 0 Å². The van der Waals surface area contributed by atoms with Crippen molar-refractivity contribution in [3.8, 4) is 5.69 Å². The summed E-state index contributed by atoms with van der Waals surface area (Å²) in [5, 5.41) is 9.41. The Labute approximate surface area is 140 Å². The van der Waals surface area contributed by atoms with E-state index in [1.54, 1.807) is 12.5 Å². The zero-order chi connectivity index (χ0) is 16.5. The summed E-state index contributed by atoms with van der Waals surface area (Å²) in [5.74, 6) is 0.279. The Morgan fingerprint density at radius 2 is 2.12 bits per heavy atom. The molecule has 1 aliphatic heterocycles. The van der Waals surface area contributed by atoms with Crippen LogP contribution in [0.2, 0.25) is 0 Å². The topological polar surface area (TPSA) is 67.6 Å². The van der Waals surface area contributed by atoms with Gasteiger partial charge < -0.3 is 19.3 Å². The van der Waals surface area contributed by atoms with Crippen LogP contribution in [-0.4, -0.2) is 57.4 Å². The lowest BCUT2D eigenvalue weighted by Gasteiger charge is -2.37. The Balaban J connectivity index is 1.52. The third kappa shape index (κ3) is 2.72. The number of aromatic nitrogens is 2. The summed E-state index contributed by atoms with van der Waals surface area (Å²) in [6, 6.07) is 7.66. The third-order valence-electron chi connectivity index (χ3n) is 5.07. The zero-order valence-electron chi connectivity index (χ0n) is 13.4. The molecule has 4 rings (SSSR count). The third-order valence-corrected chi connectivity index (χ3v) is 5.07. The Morgan fingerprint density at radius 3 is 2.83 bits per heavy atom. The number of aliphatic hydroxyl groups excluding tert-OH is 1. The first-order chi connectivity index (χ1) is 11.8. The molecule has 0 radical (unpaired) electrons. The maximum Gasteiger partial charge on any atom is 0.254 e. The lowest BCUT2D eigenvalue weighted by molar-refractivity contribution is -0.0448. The second-order valence-corrected chi connectivity index (χ2v) is 6.51. The van der Waals surface area contributed by atoms with Gasteiger partial charge in [0.15, 0.2) is 0 Å². The van der Waals surface area contributed by atoms with Crippen LogP contribution in [0, 0.1) is 5.92 Å². The first-order valence-electron chi connectivity index (χ1n) is 8.38. The number of imidazole rings is 1. The minimum Gasteiger partial charge on any atom is -0.396 e. The summed E-state index contributed by atoms with van der Waals surface area (Å²) in [7, 11) is 0. The van der Waals surface area contributed by atoms with Gasteiger partial charge in [0, 0.05) is 36.8 Å². The number of nitrogens with zero attached hydrogens (tertiary/aromatic N) is 3. The molecule has 1 aromatic carbocycles.